The van der Waals surface area contributed by atoms with Crippen LogP contribution in [0.3, 0.4) is 0 Å². The van der Waals surface area contributed by atoms with Gasteiger partial charge in [-0.25, -0.2) is 0 Å². The van der Waals surface area contributed by atoms with Crippen LogP contribution in [0.1, 0.15) is 25.7 Å². The van der Waals surface area contributed by atoms with Gasteiger partial charge in [0.05, 0.1) is 13.1 Å². The fraction of sp³-hybridized carbons (Fsp3) is 0.381. The Morgan fingerprint density at radius 2 is 1.97 bits per heavy atom. The Morgan fingerprint density at radius 3 is 2.69 bits per heavy atom. The molecule has 0 unspecified atom stereocenters. The van der Waals surface area contributed by atoms with E-state index in [1.54, 1.807) is 0 Å². The molecule has 0 spiro atoms. The van der Waals surface area contributed by atoms with E-state index in [0.29, 0.717) is 25.1 Å². The normalized spacial score (nSPS) is 16.9. The molecule has 0 aromatic heterocycles. The van der Waals surface area contributed by atoms with Gasteiger partial charge in [0.1, 0.15) is 6.04 Å². The fourth-order valence-corrected chi connectivity index (χ4v) is 3.60. The molecule has 1 fully saturated rings. The highest BCUT2D eigenvalue weighted by atomic mass is 16.2. The predicted octanol–water partition coefficient (Wildman–Crippen LogP) is -1.88. The van der Waals surface area contributed by atoms with E-state index < -0.39 is 6.04 Å². The molecule has 154 valence electrons. The van der Waals surface area contributed by atoms with Gasteiger partial charge in [-0.05, 0) is 35.7 Å². The summed E-state index contributed by atoms with van der Waals surface area (Å²) in [6, 6.07) is 13.0. The summed E-state index contributed by atoms with van der Waals surface area (Å²) >= 11 is 0. The van der Waals surface area contributed by atoms with E-state index in [-0.39, 0.29) is 23.8 Å². The predicted molar refractivity (Wildman–Crippen MR) is 113 cm³/mol. The summed E-state index contributed by atoms with van der Waals surface area (Å²) in [5.74, 6) is -0.165. The summed E-state index contributed by atoms with van der Waals surface area (Å²) in [5, 5.41) is 10.0. The maximum Gasteiger partial charge on any atom is 0.338 e. The first-order chi connectivity index (χ1) is 14.0. The number of nitrogens with one attached hydrogen (secondary N) is 3. The molecular formula is C21H30N6O2+2. The molecule has 1 heterocycles. The summed E-state index contributed by atoms with van der Waals surface area (Å²) < 4.78 is 0. The molecule has 0 saturated carbocycles. The Morgan fingerprint density at radius 1 is 1.17 bits per heavy atom. The zero-order valence-electron chi connectivity index (χ0n) is 16.5. The highest BCUT2D eigenvalue weighted by Gasteiger charge is 2.30. The zero-order chi connectivity index (χ0) is 20.6. The number of carbonyl (C=O) groups excluding carboxylic acids is 2. The van der Waals surface area contributed by atoms with Gasteiger partial charge < -0.3 is 16.0 Å². The molecule has 2 amide bonds. The van der Waals surface area contributed by atoms with Gasteiger partial charge in [-0.15, -0.1) is 0 Å². The summed E-state index contributed by atoms with van der Waals surface area (Å²) in [4.78, 5) is 28.3. The molecule has 1 aliphatic rings. The Balaban J connectivity index is 1.67. The molecule has 29 heavy (non-hydrogen) atoms. The molecule has 8 nitrogen and oxygen atoms in total. The number of rotatable bonds is 8. The van der Waals surface area contributed by atoms with E-state index in [0.717, 1.165) is 30.2 Å². The molecule has 2 aromatic rings. The van der Waals surface area contributed by atoms with Crippen LogP contribution in [0.25, 0.3) is 10.8 Å². The molecule has 9 N–H and O–H groups in total. The Kier molecular flexibility index (Phi) is 7.02. The van der Waals surface area contributed by atoms with Crippen molar-refractivity contribution in [1.29, 1.82) is 0 Å². The molecule has 8 heteroatoms. The van der Waals surface area contributed by atoms with E-state index in [4.69, 9.17) is 11.5 Å². The van der Waals surface area contributed by atoms with Gasteiger partial charge in [0.25, 0.3) is 5.91 Å². The zero-order valence-corrected chi connectivity index (χ0v) is 16.5. The average molecular weight is 399 g/mol. The van der Waals surface area contributed by atoms with E-state index in [1.165, 1.54) is 0 Å². The summed E-state index contributed by atoms with van der Waals surface area (Å²) in [7, 11) is 0. The second-order valence-electron chi connectivity index (χ2n) is 7.41. The molecule has 1 aliphatic heterocycles. The first-order valence-electron chi connectivity index (χ1n) is 10.1. The molecular weight excluding hydrogens is 368 g/mol. The average Bonchev–Trinajstić information content (AvgIpc) is 3.25. The number of hydrogen-bond acceptors (Lipinski definition) is 2. The van der Waals surface area contributed by atoms with Crippen LogP contribution in [0.15, 0.2) is 42.5 Å². The first kappa shape index (κ1) is 20.6. The number of guanidine groups is 1. The number of anilines is 1. The van der Waals surface area contributed by atoms with Crippen LogP contribution in [-0.2, 0) is 9.59 Å². The lowest BCUT2D eigenvalue weighted by molar-refractivity contribution is -0.657. The third kappa shape index (κ3) is 5.92. The lowest BCUT2D eigenvalue weighted by Crippen LogP contribution is -2.89. The van der Waals surface area contributed by atoms with Gasteiger partial charge in [-0.2, -0.15) is 0 Å². The minimum absolute atomic E-state index is 0.0842. The highest BCUT2D eigenvalue weighted by molar-refractivity contribution is 5.99. The van der Waals surface area contributed by atoms with E-state index in [2.05, 4.69) is 15.6 Å². The standard InChI is InChI=1S/C21H28N6O2/c22-21(23)25-12-4-8-18(27-19(28)17-7-3-11-24-17)20(29)26-16-10-9-14-5-1-2-6-15(14)13-16/h1-2,5-6,9-10,13,17-18,24H,3-4,7-8,11-12H2,(H,26,29)(H,27,28)(H4,22,23,25)/p+2/t17-,18-/m0/s1. The Bertz CT molecular complexity index is 888. The number of hydrogen-bond donors (Lipinski definition) is 6. The van der Waals surface area contributed by atoms with Crippen molar-refractivity contribution >= 4 is 34.2 Å². The van der Waals surface area contributed by atoms with Crippen molar-refractivity contribution < 1.29 is 19.9 Å². The summed E-state index contributed by atoms with van der Waals surface area (Å²) in [5.41, 5.74) is 11.5. The largest absolute Gasteiger partial charge is 0.339 e. The number of benzene rings is 2. The van der Waals surface area contributed by atoms with Crippen LogP contribution in [0, 0.1) is 0 Å². The third-order valence-electron chi connectivity index (χ3n) is 5.16. The molecule has 3 rings (SSSR count). The minimum Gasteiger partial charge on any atom is -0.339 e. The van der Waals surface area contributed by atoms with Crippen molar-refractivity contribution in [3.05, 3.63) is 42.5 Å². The fourth-order valence-electron chi connectivity index (χ4n) is 3.60. The van der Waals surface area contributed by atoms with Gasteiger partial charge in [-0.1, -0.05) is 30.3 Å². The first-order valence-corrected chi connectivity index (χ1v) is 10.1. The van der Waals surface area contributed by atoms with Crippen LogP contribution < -0.4 is 32.4 Å². The van der Waals surface area contributed by atoms with Crippen molar-refractivity contribution in [2.75, 3.05) is 18.4 Å². The van der Waals surface area contributed by atoms with Gasteiger partial charge in [0.15, 0.2) is 6.04 Å². The summed E-state index contributed by atoms with van der Waals surface area (Å²) in [6.45, 7) is 1.48. The number of nitrogens with two attached hydrogens (primary N) is 3. The van der Waals surface area contributed by atoms with Crippen LogP contribution in [0.5, 0.6) is 0 Å². The van der Waals surface area contributed by atoms with Crippen molar-refractivity contribution in [3.63, 3.8) is 0 Å². The molecule has 0 radical (unpaired) electrons. The highest BCUT2D eigenvalue weighted by Crippen LogP contribution is 2.19. The quantitative estimate of drug-likeness (QED) is 0.176. The van der Waals surface area contributed by atoms with E-state index in [1.807, 2.05) is 47.8 Å². The lowest BCUT2D eigenvalue weighted by Gasteiger charge is -2.19. The SMILES string of the molecule is NC(N)=[NH+]CCC[C@H](NC(=O)[C@@H]1CCC[NH2+]1)C(=O)Nc1ccc2ccccc2c1. The van der Waals surface area contributed by atoms with Crippen LogP contribution in [0.4, 0.5) is 5.69 Å². The van der Waals surface area contributed by atoms with Crippen molar-refractivity contribution in [2.45, 2.75) is 37.8 Å². The lowest BCUT2D eigenvalue weighted by atomic mass is 10.1. The number of carbonyl (C=O) groups is 2. The second kappa shape index (κ2) is 9.88. The molecule has 2 atom stereocenters. The number of fused-ring (bicyclic) bond motifs is 1. The van der Waals surface area contributed by atoms with Crippen LogP contribution in [0.2, 0.25) is 0 Å². The van der Waals surface area contributed by atoms with E-state index in [9.17, 15) is 9.59 Å². The van der Waals surface area contributed by atoms with Crippen molar-refractivity contribution in [3.8, 4) is 0 Å². The smallest absolute Gasteiger partial charge is 0.338 e. The van der Waals surface area contributed by atoms with E-state index >= 15 is 0 Å². The van der Waals surface area contributed by atoms with Gasteiger partial charge in [0, 0.05) is 18.5 Å². The van der Waals surface area contributed by atoms with Gasteiger partial charge in [0.2, 0.25) is 5.91 Å². The second-order valence-corrected chi connectivity index (χ2v) is 7.41. The Hall–Kier alpha value is -3.13. The Labute approximate surface area is 170 Å². The molecule has 1 saturated heterocycles. The van der Waals surface area contributed by atoms with Crippen molar-refractivity contribution in [1.82, 2.24) is 5.32 Å². The third-order valence-corrected chi connectivity index (χ3v) is 5.16. The van der Waals surface area contributed by atoms with Gasteiger partial charge in [-0.3, -0.25) is 26.0 Å². The minimum atomic E-state index is -0.622. The van der Waals surface area contributed by atoms with Gasteiger partial charge >= 0.3 is 5.96 Å². The maximum atomic E-state index is 12.9. The molecule has 0 aliphatic carbocycles. The number of amides is 2. The van der Waals surface area contributed by atoms with Crippen molar-refractivity contribution in [2.24, 2.45) is 11.5 Å². The topological polar surface area (TPSA) is 141 Å². The maximum absolute atomic E-state index is 12.9. The van der Waals surface area contributed by atoms with Crippen LogP contribution >= 0.6 is 0 Å². The number of quaternary nitrogens is 1. The molecule has 2 aromatic carbocycles. The van der Waals surface area contributed by atoms with Crippen LogP contribution in [-0.4, -0.2) is 42.9 Å². The monoisotopic (exact) mass is 398 g/mol. The summed E-state index contributed by atoms with van der Waals surface area (Å²) in [6.07, 6.45) is 2.98. The molecule has 0 bridgehead atoms.